The third-order valence-electron chi connectivity index (χ3n) is 4.45. The van der Waals surface area contributed by atoms with Crippen LogP contribution in [0.3, 0.4) is 0 Å². The molecule has 132 valence electrons. The van der Waals surface area contributed by atoms with Gasteiger partial charge in [-0.05, 0) is 26.0 Å². The fourth-order valence-electron chi connectivity index (χ4n) is 3.09. The number of aryl methyl sites for hydroxylation is 2. The first kappa shape index (κ1) is 17.6. The molecule has 1 N–H and O–H groups in total. The highest BCUT2D eigenvalue weighted by Crippen LogP contribution is 2.23. The van der Waals surface area contributed by atoms with Gasteiger partial charge < -0.3 is 9.30 Å². The van der Waals surface area contributed by atoms with Gasteiger partial charge in [-0.25, -0.2) is 4.98 Å². The van der Waals surface area contributed by atoms with Crippen LogP contribution >= 0.6 is 0 Å². The molecule has 6 nitrogen and oxygen atoms in total. The van der Waals surface area contributed by atoms with E-state index >= 15 is 0 Å². The minimum Gasteiger partial charge on any atom is -0.380 e. The number of nitrogens with zero attached hydrogens (tertiary/aromatic N) is 4. The Hall–Kier alpha value is -3.17. The minimum atomic E-state index is 0.354. The Balaban J connectivity index is 1.95. The van der Waals surface area contributed by atoms with Gasteiger partial charge in [0, 0.05) is 47.6 Å². The van der Waals surface area contributed by atoms with Gasteiger partial charge in [-0.3, -0.25) is 5.43 Å². The van der Waals surface area contributed by atoms with E-state index in [2.05, 4.69) is 45.2 Å². The van der Waals surface area contributed by atoms with Crippen LogP contribution in [0.1, 0.15) is 28.1 Å². The van der Waals surface area contributed by atoms with Crippen molar-refractivity contribution in [2.45, 2.75) is 20.5 Å². The van der Waals surface area contributed by atoms with E-state index in [1.54, 1.807) is 13.3 Å². The number of methoxy groups -OCH3 is 1. The second-order valence-electron chi connectivity index (χ2n) is 6.14. The molecule has 2 aromatic heterocycles. The van der Waals surface area contributed by atoms with Gasteiger partial charge in [0.15, 0.2) is 5.82 Å². The quantitative estimate of drug-likeness (QED) is 0.564. The van der Waals surface area contributed by atoms with Crippen LogP contribution < -0.4 is 5.43 Å². The second-order valence-corrected chi connectivity index (χ2v) is 6.14. The van der Waals surface area contributed by atoms with Gasteiger partial charge in [0.2, 0.25) is 0 Å². The molecule has 0 spiro atoms. The van der Waals surface area contributed by atoms with Crippen LogP contribution in [-0.4, -0.2) is 22.9 Å². The number of benzene rings is 1. The third-order valence-corrected chi connectivity index (χ3v) is 4.45. The summed E-state index contributed by atoms with van der Waals surface area (Å²) in [5, 5.41) is 15.0. The predicted molar refractivity (Wildman–Crippen MR) is 103 cm³/mol. The predicted octanol–water partition coefficient (Wildman–Crippen LogP) is 3.65. The van der Waals surface area contributed by atoms with Gasteiger partial charge in [-0.1, -0.05) is 18.2 Å². The fourth-order valence-corrected chi connectivity index (χ4v) is 3.09. The van der Waals surface area contributed by atoms with E-state index < -0.39 is 0 Å². The molecule has 3 rings (SSSR count). The molecule has 26 heavy (non-hydrogen) atoms. The van der Waals surface area contributed by atoms with Crippen LogP contribution in [0.15, 0.2) is 35.4 Å². The highest BCUT2D eigenvalue weighted by molar-refractivity contribution is 6.01. The highest BCUT2D eigenvalue weighted by Gasteiger charge is 2.12. The Morgan fingerprint density at radius 1 is 1.35 bits per heavy atom. The lowest BCUT2D eigenvalue weighted by atomic mass is 10.1. The summed E-state index contributed by atoms with van der Waals surface area (Å²) in [4.78, 5) is 4.40. The molecule has 0 atom stereocenters. The number of nitrogens with one attached hydrogen (secondary N) is 1. The largest absolute Gasteiger partial charge is 0.380 e. The number of pyridine rings is 1. The molecule has 0 aliphatic carbocycles. The van der Waals surface area contributed by atoms with Crippen molar-refractivity contribution in [3.05, 3.63) is 58.4 Å². The third kappa shape index (κ3) is 3.17. The monoisotopic (exact) mass is 347 g/mol. The maximum Gasteiger partial charge on any atom is 0.164 e. The van der Waals surface area contributed by atoms with Gasteiger partial charge >= 0.3 is 0 Å². The molecule has 0 amide bonds. The molecule has 0 aliphatic heterocycles. The van der Waals surface area contributed by atoms with E-state index in [-0.39, 0.29) is 0 Å². The molecular formula is C20H21N5O. The topological polar surface area (TPSA) is 75.2 Å². The zero-order valence-corrected chi connectivity index (χ0v) is 15.4. The molecule has 0 fully saturated rings. The number of hydrogen-bond acceptors (Lipinski definition) is 5. The van der Waals surface area contributed by atoms with E-state index in [1.807, 2.05) is 32.2 Å². The van der Waals surface area contributed by atoms with Crippen molar-refractivity contribution in [1.82, 2.24) is 9.55 Å². The minimum absolute atomic E-state index is 0.354. The molecule has 0 aliphatic rings. The highest BCUT2D eigenvalue weighted by atomic mass is 16.5. The molecule has 0 unspecified atom stereocenters. The summed E-state index contributed by atoms with van der Waals surface area (Å²) in [7, 11) is 3.64. The SMILES string of the molecule is COCc1cc(C)nc(N/N=C/c2c(C)n(C)c3ccccc23)c1C#N. The van der Waals surface area contributed by atoms with Gasteiger partial charge in [0.25, 0.3) is 0 Å². The number of para-hydroxylation sites is 1. The summed E-state index contributed by atoms with van der Waals surface area (Å²) in [6, 6.07) is 12.2. The second kappa shape index (κ2) is 7.38. The number of aromatic nitrogens is 2. The van der Waals surface area contributed by atoms with Crippen LogP contribution in [-0.2, 0) is 18.4 Å². The van der Waals surface area contributed by atoms with E-state index in [9.17, 15) is 5.26 Å². The summed E-state index contributed by atoms with van der Waals surface area (Å²) < 4.78 is 7.31. The Morgan fingerprint density at radius 2 is 2.12 bits per heavy atom. The maximum atomic E-state index is 9.48. The molecule has 3 aromatic rings. The maximum absolute atomic E-state index is 9.48. The van der Waals surface area contributed by atoms with Crippen molar-refractivity contribution >= 4 is 22.9 Å². The molecule has 0 radical (unpaired) electrons. The molecule has 0 saturated heterocycles. The van der Waals surface area contributed by atoms with Gasteiger partial charge in [0.05, 0.1) is 12.8 Å². The van der Waals surface area contributed by atoms with Gasteiger partial charge in [-0.2, -0.15) is 10.4 Å². The van der Waals surface area contributed by atoms with Crippen molar-refractivity contribution in [1.29, 1.82) is 5.26 Å². The lowest BCUT2D eigenvalue weighted by Gasteiger charge is -2.09. The smallest absolute Gasteiger partial charge is 0.164 e. The van der Waals surface area contributed by atoms with Crippen LogP contribution in [0, 0.1) is 25.2 Å². The average Bonchev–Trinajstić information content (AvgIpc) is 2.87. The van der Waals surface area contributed by atoms with Crippen LogP contribution in [0.4, 0.5) is 5.82 Å². The Morgan fingerprint density at radius 3 is 2.85 bits per heavy atom. The number of rotatable bonds is 5. The number of hydrogen-bond donors (Lipinski definition) is 1. The number of ether oxygens (including phenoxy) is 1. The lowest BCUT2D eigenvalue weighted by molar-refractivity contribution is 0.184. The summed E-state index contributed by atoms with van der Waals surface area (Å²) in [6.07, 6.45) is 1.78. The first-order valence-electron chi connectivity index (χ1n) is 8.29. The molecular weight excluding hydrogens is 326 g/mol. The van der Waals surface area contributed by atoms with Crippen molar-refractivity contribution in [3.63, 3.8) is 0 Å². The summed E-state index contributed by atoms with van der Waals surface area (Å²) in [5.41, 5.74) is 8.28. The van der Waals surface area contributed by atoms with Crippen LogP contribution in [0.25, 0.3) is 10.9 Å². The van der Waals surface area contributed by atoms with Crippen molar-refractivity contribution in [2.24, 2.45) is 12.1 Å². The van der Waals surface area contributed by atoms with E-state index in [0.29, 0.717) is 18.0 Å². The average molecular weight is 347 g/mol. The molecule has 1 aromatic carbocycles. The lowest BCUT2D eigenvalue weighted by Crippen LogP contribution is -2.03. The first-order chi connectivity index (χ1) is 12.6. The Kier molecular flexibility index (Phi) is 5.01. The van der Waals surface area contributed by atoms with Crippen molar-refractivity contribution < 1.29 is 4.74 Å². The zero-order valence-electron chi connectivity index (χ0n) is 15.4. The van der Waals surface area contributed by atoms with E-state index in [1.165, 1.54) is 0 Å². The van der Waals surface area contributed by atoms with Gasteiger partial charge in [-0.15, -0.1) is 0 Å². The van der Waals surface area contributed by atoms with Gasteiger partial charge in [0.1, 0.15) is 11.6 Å². The number of fused-ring (bicyclic) bond motifs is 1. The fraction of sp³-hybridized carbons (Fsp3) is 0.250. The summed E-state index contributed by atoms with van der Waals surface area (Å²) >= 11 is 0. The van der Waals surface area contributed by atoms with E-state index in [4.69, 9.17) is 4.74 Å². The summed E-state index contributed by atoms with van der Waals surface area (Å²) in [5.74, 6) is 0.439. The molecule has 0 saturated carbocycles. The van der Waals surface area contributed by atoms with Crippen LogP contribution in [0.5, 0.6) is 0 Å². The number of nitriles is 1. The number of anilines is 1. The number of hydrazone groups is 1. The molecule has 6 heteroatoms. The van der Waals surface area contributed by atoms with Crippen molar-refractivity contribution in [2.75, 3.05) is 12.5 Å². The Labute approximate surface area is 152 Å². The first-order valence-corrected chi connectivity index (χ1v) is 8.29. The normalized spacial score (nSPS) is 11.2. The molecule has 2 heterocycles. The summed E-state index contributed by atoms with van der Waals surface area (Å²) in [6.45, 7) is 4.29. The molecule has 0 bridgehead atoms. The standard InChI is InChI=1S/C20H21N5O/c1-13-9-15(12-26-4)17(10-21)20(23-13)24-22-11-18-14(2)25(3)19-8-6-5-7-16(18)19/h5-9,11H,12H2,1-4H3,(H,23,24)/b22-11+. The zero-order chi connectivity index (χ0) is 18.7. The van der Waals surface area contributed by atoms with Crippen LogP contribution in [0.2, 0.25) is 0 Å². The van der Waals surface area contributed by atoms with E-state index in [0.717, 1.165) is 33.4 Å². The Bertz CT molecular complexity index is 1030. The van der Waals surface area contributed by atoms with Crippen molar-refractivity contribution in [3.8, 4) is 6.07 Å².